The quantitative estimate of drug-likeness (QED) is 0.903. The lowest BCUT2D eigenvalue weighted by atomic mass is 10.00. The average molecular weight is 247 g/mol. The number of aryl methyl sites for hydroxylation is 1. The Hall–Kier alpha value is -1.38. The zero-order chi connectivity index (χ0) is 12.3. The van der Waals surface area contributed by atoms with Crippen molar-refractivity contribution >= 4 is 11.6 Å². The molecule has 0 amide bonds. The Balaban J connectivity index is 2.14. The van der Waals surface area contributed by atoms with Crippen molar-refractivity contribution in [3.63, 3.8) is 0 Å². The van der Waals surface area contributed by atoms with Crippen LogP contribution in [0.15, 0.2) is 42.6 Å². The predicted octanol–water partition coefficient (Wildman–Crippen LogP) is 3.29. The smallest absolute Gasteiger partial charge is 0.0589 e. The molecule has 17 heavy (non-hydrogen) atoms. The minimum Gasteiger partial charge on any atom is -0.322 e. The van der Waals surface area contributed by atoms with E-state index in [0.717, 1.165) is 12.1 Å². The largest absolute Gasteiger partial charge is 0.322 e. The van der Waals surface area contributed by atoms with E-state index in [-0.39, 0.29) is 6.04 Å². The summed E-state index contributed by atoms with van der Waals surface area (Å²) in [6.07, 6.45) is 2.43. The van der Waals surface area contributed by atoms with Crippen LogP contribution < -0.4 is 5.73 Å². The minimum absolute atomic E-state index is 0.0895. The van der Waals surface area contributed by atoms with Gasteiger partial charge in [-0.05, 0) is 36.6 Å². The van der Waals surface area contributed by atoms with E-state index >= 15 is 0 Å². The van der Waals surface area contributed by atoms with Gasteiger partial charge in [0.25, 0.3) is 0 Å². The van der Waals surface area contributed by atoms with Crippen LogP contribution in [0, 0.1) is 6.92 Å². The van der Waals surface area contributed by atoms with Crippen molar-refractivity contribution in [1.29, 1.82) is 0 Å². The van der Waals surface area contributed by atoms with E-state index in [4.69, 9.17) is 17.3 Å². The summed E-state index contributed by atoms with van der Waals surface area (Å²) >= 11 is 5.80. The molecule has 2 aromatic rings. The summed E-state index contributed by atoms with van der Waals surface area (Å²) in [6.45, 7) is 2.09. The van der Waals surface area contributed by atoms with Gasteiger partial charge in [-0.1, -0.05) is 35.9 Å². The van der Waals surface area contributed by atoms with E-state index in [0.29, 0.717) is 5.02 Å². The van der Waals surface area contributed by atoms with Gasteiger partial charge in [0.2, 0.25) is 0 Å². The van der Waals surface area contributed by atoms with Crippen LogP contribution in [-0.4, -0.2) is 4.98 Å². The van der Waals surface area contributed by atoms with Gasteiger partial charge in [0.05, 0.1) is 16.8 Å². The fraction of sp³-hybridized carbons (Fsp3) is 0.214. The third kappa shape index (κ3) is 3.05. The molecule has 0 aliphatic carbocycles. The SMILES string of the molecule is Cc1ccccc1CC(N)c1ccc(Cl)cn1. The summed E-state index contributed by atoms with van der Waals surface area (Å²) in [6, 6.07) is 11.9. The highest BCUT2D eigenvalue weighted by Gasteiger charge is 2.09. The summed E-state index contributed by atoms with van der Waals surface area (Å²) in [5.41, 5.74) is 9.54. The molecule has 0 radical (unpaired) electrons. The number of halogens is 1. The van der Waals surface area contributed by atoms with Gasteiger partial charge in [0, 0.05) is 6.20 Å². The summed E-state index contributed by atoms with van der Waals surface area (Å²) < 4.78 is 0. The molecule has 2 nitrogen and oxygen atoms in total. The van der Waals surface area contributed by atoms with Crippen LogP contribution in [0.5, 0.6) is 0 Å². The highest BCUT2D eigenvalue weighted by molar-refractivity contribution is 6.30. The zero-order valence-corrected chi connectivity index (χ0v) is 10.5. The lowest BCUT2D eigenvalue weighted by Gasteiger charge is -2.12. The van der Waals surface area contributed by atoms with Gasteiger partial charge >= 0.3 is 0 Å². The Kier molecular flexibility index (Phi) is 3.77. The predicted molar refractivity (Wildman–Crippen MR) is 71.1 cm³/mol. The average Bonchev–Trinajstić information content (AvgIpc) is 2.33. The lowest BCUT2D eigenvalue weighted by Crippen LogP contribution is -2.15. The molecular weight excluding hydrogens is 232 g/mol. The summed E-state index contributed by atoms with van der Waals surface area (Å²) in [5, 5.41) is 0.636. The number of nitrogens with zero attached hydrogens (tertiary/aromatic N) is 1. The lowest BCUT2D eigenvalue weighted by molar-refractivity contribution is 0.694. The van der Waals surface area contributed by atoms with E-state index in [2.05, 4.69) is 24.0 Å². The second-order valence-electron chi connectivity index (χ2n) is 4.14. The van der Waals surface area contributed by atoms with E-state index in [1.807, 2.05) is 24.3 Å². The molecule has 0 saturated carbocycles. The second kappa shape index (κ2) is 5.30. The van der Waals surface area contributed by atoms with Crippen LogP contribution >= 0.6 is 11.6 Å². The van der Waals surface area contributed by atoms with Crippen molar-refractivity contribution in [2.75, 3.05) is 0 Å². The third-order valence-electron chi connectivity index (χ3n) is 2.83. The summed E-state index contributed by atoms with van der Waals surface area (Å²) in [7, 11) is 0. The van der Waals surface area contributed by atoms with Crippen molar-refractivity contribution in [2.45, 2.75) is 19.4 Å². The van der Waals surface area contributed by atoms with Crippen LogP contribution in [0.3, 0.4) is 0 Å². The molecule has 0 fully saturated rings. The molecule has 1 heterocycles. The maximum absolute atomic E-state index is 6.14. The minimum atomic E-state index is -0.0895. The number of pyridine rings is 1. The maximum atomic E-state index is 6.14. The van der Waals surface area contributed by atoms with Crippen LogP contribution in [0.1, 0.15) is 22.9 Å². The highest BCUT2D eigenvalue weighted by Crippen LogP contribution is 2.18. The normalized spacial score (nSPS) is 12.4. The number of nitrogens with two attached hydrogens (primary N) is 1. The molecule has 0 spiro atoms. The van der Waals surface area contributed by atoms with Crippen LogP contribution in [0.2, 0.25) is 5.02 Å². The highest BCUT2D eigenvalue weighted by atomic mass is 35.5. The molecule has 1 atom stereocenters. The topological polar surface area (TPSA) is 38.9 Å². The Morgan fingerprint density at radius 1 is 1.24 bits per heavy atom. The number of benzene rings is 1. The molecule has 1 unspecified atom stereocenters. The van der Waals surface area contributed by atoms with Gasteiger partial charge in [0.15, 0.2) is 0 Å². The Bertz CT molecular complexity index is 494. The standard InChI is InChI=1S/C14H15ClN2/c1-10-4-2-3-5-11(10)8-13(16)14-7-6-12(15)9-17-14/h2-7,9,13H,8,16H2,1H3. The van der Waals surface area contributed by atoms with Gasteiger partial charge in [-0.3, -0.25) is 4.98 Å². The molecule has 1 aromatic heterocycles. The van der Waals surface area contributed by atoms with Crippen LogP contribution in [-0.2, 0) is 6.42 Å². The van der Waals surface area contributed by atoms with E-state index in [9.17, 15) is 0 Å². The third-order valence-corrected chi connectivity index (χ3v) is 3.05. The number of hydrogen-bond donors (Lipinski definition) is 1. The van der Waals surface area contributed by atoms with E-state index in [1.165, 1.54) is 11.1 Å². The molecule has 3 heteroatoms. The van der Waals surface area contributed by atoms with Crippen molar-refractivity contribution in [3.8, 4) is 0 Å². The number of hydrogen-bond acceptors (Lipinski definition) is 2. The van der Waals surface area contributed by atoms with Crippen molar-refractivity contribution in [1.82, 2.24) is 4.98 Å². The van der Waals surface area contributed by atoms with Gasteiger partial charge in [-0.25, -0.2) is 0 Å². The number of rotatable bonds is 3. The molecule has 2 N–H and O–H groups in total. The Labute approximate surface area is 106 Å². The van der Waals surface area contributed by atoms with E-state index in [1.54, 1.807) is 6.20 Å². The summed E-state index contributed by atoms with van der Waals surface area (Å²) in [4.78, 5) is 4.25. The van der Waals surface area contributed by atoms with Gasteiger partial charge < -0.3 is 5.73 Å². The first-order valence-corrected chi connectivity index (χ1v) is 5.96. The molecule has 1 aromatic carbocycles. The zero-order valence-electron chi connectivity index (χ0n) is 9.73. The van der Waals surface area contributed by atoms with Gasteiger partial charge in [0.1, 0.15) is 0 Å². The molecule has 88 valence electrons. The molecule has 0 aliphatic heterocycles. The maximum Gasteiger partial charge on any atom is 0.0589 e. The first kappa shape index (κ1) is 12.1. The fourth-order valence-corrected chi connectivity index (χ4v) is 1.90. The van der Waals surface area contributed by atoms with E-state index < -0.39 is 0 Å². The Morgan fingerprint density at radius 3 is 2.65 bits per heavy atom. The van der Waals surface area contributed by atoms with Crippen molar-refractivity contribution in [2.24, 2.45) is 5.73 Å². The van der Waals surface area contributed by atoms with Crippen molar-refractivity contribution < 1.29 is 0 Å². The van der Waals surface area contributed by atoms with Gasteiger partial charge in [-0.2, -0.15) is 0 Å². The summed E-state index contributed by atoms with van der Waals surface area (Å²) in [5.74, 6) is 0. The number of aromatic nitrogens is 1. The van der Waals surface area contributed by atoms with Crippen LogP contribution in [0.25, 0.3) is 0 Å². The molecule has 0 aliphatic rings. The first-order valence-electron chi connectivity index (χ1n) is 5.58. The molecule has 0 saturated heterocycles. The van der Waals surface area contributed by atoms with Crippen molar-refractivity contribution in [3.05, 3.63) is 64.4 Å². The molecular formula is C14H15ClN2. The second-order valence-corrected chi connectivity index (χ2v) is 4.57. The van der Waals surface area contributed by atoms with Gasteiger partial charge in [-0.15, -0.1) is 0 Å². The monoisotopic (exact) mass is 246 g/mol. The molecule has 0 bridgehead atoms. The Morgan fingerprint density at radius 2 is 2.00 bits per heavy atom. The molecule has 2 rings (SSSR count). The first-order chi connectivity index (χ1) is 8.16. The fourth-order valence-electron chi connectivity index (χ4n) is 1.79. The van der Waals surface area contributed by atoms with Crippen LogP contribution in [0.4, 0.5) is 0 Å².